The summed E-state index contributed by atoms with van der Waals surface area (Å²) in [5.74, 6) is 0.660. The van der Waals surface area contributed by atoms with Crippen molar-refractivity contribution < 1.29 is 13.2 Å². The maximum atomic E-state index is 13.0. The number of nitrogens with zero attached hydrogens (tertiary/aromatic N) is 1. The van der Waals surface area contributed by atoms with E-state index in [9.17, 15) is 8.42 Å². The van der Waals surface area contributed by atoms with Gasteiger partial charge >= 0.3 is 0 Å². The minimum absolute atomic E-state index is 0. The molecule has 0 unspecified atom stereocenters. The van der Waals surface area contributed by atoms with Crippen molar-refractivity contribution in [3.8, 4) is 5.75 Å². The molecule has 0 saturated heterocycles. The highest BCUT2D eigenvalue weighted by atomic mass is 35.5. The molecule has 0 fully saturated rings. The van der Waals surface area contributed by atoms with E-state index in [1.54, 1.807) is 24.3 Å². The van der Waals surface area contributed by atoms with E-state index in [1.165, 1.54) is 4.31 Å². The molecule has 0 bridgehead atoms. The molecule has 25 heavy (non-hydrogen) atoms. The smallest absolute Gasteiger partial charge is 0.243 e. The number of ether oxygens (including phenoxy) is 1. The van der Waals surface area contributed by atoms with Gasteiger partial charge in [0.05, 0.1) is 11.5 Å². The summed E-state index contributed by atoms with van der Waals surface area (Å²) in [7, 11) is -3.58. The number of rotatable bonds is 9. The van der Waals surface area contributed by atoms with Crippen LogP contribution < -0.4 is 10.5 Å². The van der Waals surface area contributed by atoms with Gasteiger partial charge in [-0.15, -0.1) is 12.4 Å². The number of nitrogens with two attached hydrogens (primary N) is 1. The zero-order valence-electron chi connectivity index (χ0n) is 14.3. The Bertz CT molecular complexity index is 722. The molecule has 0 aliphatic heterocycles. The first-order valence-corrected chi connectivity index (χ1v) is 9.49. The van der Waals surface area contributed by atoms with Crippen molar-refractivity contribution >= 4 is 22.4 Å². The predicted molar refractivity (Wildman–Crippen MR) is 103 cm³/mol. The van der Waals surface area contributed by atoms with Gasteiger partial charge in [-0.2, -0.15) is 4.31 Å². The lowest BCUT2D eigenvalue weighted by Gasteiger charge is -2.22. The minimum Gasteiger partial charge on any atom is -0.494 e. The summed E-state index contributed by atoms with van der Waals surface area (Å²) in [6.45, 7) is 3.60. The fourth-order valence-electron chi connectivity index (χ4n) is 2.36. The van der Waals surface area contributed by atoms with E-state index in [0.717, 1.165) is 5.56 Å². The number of hydrogen-bond donors (Lipinski definition) is 1. The Morgan fingerprint density at radius 2 is 1.68 bits per heavy atom. The van der Waals surface area contributed by atoms with Crippen LogP contribution in [-0.4, -0.2) is 32.4 Å². The fourth-order valence-corrected chi connectivity index (χ4v) is 3.83. The SMILES string of the molecule is CCOc1ccc(S(=O)(=O)N(CCCN)Cc2ccccc2)cc1.Cl. The summed E-state index contributed by atoms with van der Waals surface area (Å²) in [4.78, 5) is 0.263. The summed E-state index contributed by atoms with van der Waals surface area (Å²) < 4.78 is 32.8. The molecule has 2 N–H and O–H groups in total. The largest absolute Gasteiger partial charge is 0.494 e. The molecule has 0 amide bonds. The molecule has 5 nitrogen and oxygen atoms in total. The molecule has 0 aliphatic carbocycles. The van der Waals surface area contributed by atoms with Crippen LogP contribution in [0.2, 0.25) is 0 Å². The molecule has 0 heterocycles. The topological polar surface area (TPSA) is 72.6 Å². The Balaban J connectivity index is 0.00000312. The van der Waals surface area contributed by atoms with Crippen molar-refractivity contribution in [2.75, 3.05) is 19.7 Å². The Kier molecular flexibility index (Phi) is 8.92. The second-order valence-electron chi connectivity index (χ2n) is 5.37. The van der Waals surface area contributed by atoms with Crippen LogP contribution in [0.25, 0.3) is 0 Å². The Morgan fingerprint density at radius 1 is 1.04 bits per heavy atom. The summed E-state index contributed by atoms with van der Waals surface area (Å²) in [5, 5.41) is 0. The van der Waals surface area contributed by atoms with E-state index in [-0.39, 0.29) is 17.3 Å². The van der Waals surface area contributed by atoms with Crippen LogP contribution in [0.4, 0.5) is 0 Å². The molecule has 7 heteroatoms. The second kappa shape index (κ2) is 10.4. The molecule has 2 aromatic carbocycles. The molecular weight excluding hydrogens is 360 g/mol. The zero-order valence-corrected chi connectivity index (χ0v) is 15.9. The Morgan fingerprint density at radius 3 is 2.24 bits per heavy atom. The van der Waals surface area contributed by atoms with Gasteiger partial charge in [0.25, 0.3) is 0 Å². The lowest BCUT2D eigenvalue weighted by molar-refractivity contribution is 0.340. The van der Waals surface area contributed by atoms with Gasteiger partial charge < -0.3 is 10.5 Å². The second-order valence-corrected chi connectivity index (χ2v) is 7.31. The summed E-state index contributed by atoms with van der Waals surface area (Å²) in [6, 6.07) is 16.1. The molecule has 2 aromatic rings. The van der Waals surface area contributed by atoms with Crippen molar-refractivity contribution in [2.24, 2.45) is 5.73 Å². The van der Waals surface area contributed by atoms with Crippen LogP contribution in [-0.2, 0) is 16.6 Å². The molecule has 0 spiro atoms. The van der Waals surface area contributed by atoms with Crippen LogP contribution in [0.3, 0.4) is 0 Å². The van der Waals surface area contributed by atoms with Gasteiger partial charge in [0.15, 0.2) is 0 Å². The van der Waals surface area contributed by atoms with Gasteiger partial charge in [-0.05, 0) is 49.7 Å². The lowest BCUT2D eigenvalue weighted by atomic mass is 10.2. The van der Waals surface area contributed by atoms with Crippen LogP contribution in [0.5, 0.6) is 5.75 Å². The van der Waals surface area contributed by atoms with Gasteiger partial charge in [-0.3, -0.25) is 0 Å². The highest BCUT2D eigenvalue weighted by Gasteiger charge is 2.24. The third-order valence-electron chi connectivity index (χ3n) is 3.59. The van der Waals surface area contributed by atoms with Gasteiger partial charge in [0.2, 0.25) is 10.0 Å². The highest BCUT2D eigenvalue weighted by Crippen LogP contribution is 2.21. The molecule has 0 aromatic heterocycles. The fraction of sp³-hybridized carbons (Fsp3) is 0.333. The highest BCUT2D eigenvalue weighted by molar-refractivity contribution is 7.89. The Hall–Kier alpha value is -1.60. The number of sulfonamides is 1. The molecule has 0 saturated carbocycles. The van der Waals surface area contributed by atoms with E-state index >= 15 is 0 Å². The Labute approximate surface area is 156 Å². The third-order valence-corrected chi connectivity index (χ3v) is 5.45. The van der Waals surface area contributed by atoms with E-state index < -0.39 is 10.0 Å². The van der Waals surface area contributed by atoms with Crippen molar-refractivity contribution in [1.82, 2.24) is 4.31 Å². The zero-order chi connectivity index (χ0) is 17.4. The lowest BCUT2D eigenvalue weighted by Crippen LogP contribution is -2.32. The third kappa shape index (κ3) is 6.01. The summed E-state index contributed by atoms with van der Waals surface area (Å²) in [6.07, 6.45) is 0.614. The van der Waals surface area contributed by atoms with Crippen molar-refractivity contribution in [3.63, 3.8) is 0 Å². The van der Waals surface area contributed by atoms with Crippen molar-refractivity contribution in [1.29, 1.82) is 0 Å². The first-order valence-electron chi connectivity index (χ1n) is 8.05. The van der Waals surface area contributed by atoms with Crippen LogP contribution in [0, 0.1) is 0 Å². The van der Waals surface area contributed by atoms with Gasteiger partial charge in [-0.1, -0.05) is 30.3 Å². The average molecular weight is 385 g/mol. The molecule has 0 atom stereocenters. The van der Waals surface area contributed by atoms with E-state index in [4.69, 9.17) is 10.5 Å². The summed E-state index contributed by atoms with van der Waals surface area (Å²) >= 11 is 0. The molecule has 2 rings (SSSR count). The first kappa shape index (κ1) is 21.4. The maximum absolute atomic E-state index is 13.0. The van der Waals surface area contributed by atoms with Crippen LogP contribution >= 0.6 is 12.4 Å². The van der Waals surface area contributed by atoms with E-state index in [1.807, 2.05) is 37.3 Å². The van der Waals surface area contributed by atoms with Crippen LogP contribution in [0.15, 0.2) is 59.5 Å². The van der Waals surface area contributed by atoms with Gasteiger partial charge in [0.1, 0.15) is 5.75 Å². The molecule has 0 radical (unpaired) electrons. The van der Waals surface area contributed by atoms with Gasteiger partial charge in [0, 0.05) is 13.1 Å². The molecule has 138 valence electrons. The predicted octanol–water partition coefficient (Wildman–Crippen LogP) is 3.05. The molecule has 0 aliphatic rings. The molecular formula is C18H25ClN2O3S. The average Bonchev–Trinajstić information content (AvgIpc) is 2.60. The minimum atomic E-state index is -3.58. The van der Waals surface area contributed by atoms with Crippen LogP contribution in [0.1, 0.15) is 18.9 Å². The number of benzene rings is 2. The maximum Gasteiger partial charge on any atom is 0.243 e. The number of hydrogen-bond acceptors (Lipinski definition) is 4. The number of halogens is 1. The van der Waals surface area contributed by atoms with E-state index in [0.29, 0.717) is 38.4 Å². The quantitative estimate of drug-likeness (QED) is 0.721. The van der Waals surface area contributed by atoms with E-state index in [2.05, 4.69) is 0 Å². The van der Waals surface area contributed by atoms with Gasteiger partial charge in [-0.25, -0.2) is 8.42 Å². The standard InChI is InChI=1S/C18H24N2O3S.ClH/c1-2-23-17-9-11-18(12-10-17)24(21,22)20(14-6-13-19)15-16-7-4-3-5-8-16;/h3-5,7-12H,2,6,13-15,19H2,1H3;1H. The normalized spacial score (nSPS) is 11.2. The first-order chi connectivity index (χ1) is 11.6. The monoisotopic (exact) mass is 384 g/mol. The summed E-state index contributed by atoms with van der Waals surface area (Å²) in [5.41, 5.74) is 6.52. The van der Waals surface area contributed by atoms with Crippen molar-refractivity contribution in [3.05, 3.63) is 60.2 Å². The van der Waals surface area contributed by atoms with Crippen molar-refractivity contribution in [2.45, 2.75) is 24.8 Å².